The Morgan fingerprint density at radius 2 is 2.11 bits per heavy atom. The Morgan fingerprint density at radius 3 is 2.68 bits per heavy atom. The predicted octanol–water partition coefficient (Wildman–Crippen LogP) is 2.84. The first kappa shape index (κ1) is 13.7. The van der Waals surface area contributed by atoms with Gasteiger partial charge in [-0.15, -0.1) is 0 Å². The third-order valence-electron chi connectivity index (χ3n) is 2.82. The van der Waals surface area contributed by atoms with Gasteiger partial charge in [0.2, 0.25) is 5.82 Å². The van der Waals surface area contributed by atoms with E-state index < -0.39 is 18.0 Å². The van der Waals surface area contributed by atoms with E-state index in [-0.39, 0.29) is 12.1 Å². The number of aromatic nitrogens is 2. The van der Waals surface area contributed by atoms with Crippen LogP contribution in [0.25, 0.3) is 11.0 Å². The van der Waals surface area contributed by atoms with Crippen LogP contribution in [0.2, 0.25) is 0 Å². The molecule has 2 rings (SSSR count). The summed E-state index contributed by atoms with van der Waals surface area (Å²) >= 11 is 0. The van der Waals surface area contributed by atoms with Gasteiger partial charge in [0, 0.05) is 12.8 Å². The smallest absolute Gasteiger partial charge is 0.399 e. The van der Waals surface area contributed by atoms with Crippen molar-refractivity contribution in [2.45, 2.75) is 19.1 Å². The largest absolute Gasteiger partial charge is 0.449 e. The topological polar surface area (TPSA) is 53.1 Å². The van der Waals surface area contributed by atoms with Crippen molar-refractivity contribution in [1.29, 1.82) is 0 Å². The summed E-state index contributed by atoms with van der Waals surface area (Å²) in [5.74, 6) is -0.933. The van der Waals surface area contributed by atoms with E-state index in [9.17, 15) is 13.2 Å². The predicted molar refractivity (Wildman–Crippen MR) is 65.7 cm³/mol. The first-order valence-corrected chi connectivity index (χ1v) is 5.68. The molecule has 7 heteroatoms. The SMILES string of the molecule is COC[C@@H](C)n1c(C(F)(F)F)nc2cc(N)ccc21. The quantitative estimate of drug-likeness (QED) is 0.875. The van der Waals surface area contributed by atoms with Crippen LogP contribution in [0.4, 0.5) is 18.9 Å². The number of imidazole rings is 1. The summed E-state index contributed by atoms with van der Waals surface area (Å²) in [5.41, 5.74) is 6.58. The molecule has 19 heavy (non-hydrogen) atoms. The van der Waals surface area contributed by atoms with E-state index in [2.05, 4.69) is 4.98 Å². The molecule has 0 saturated carbocycles. The third-order valence-corrected chi connectivity index (χ3v) is 2.82. The number of nitrogens with zero attached hydrogens (tertiary/aromatic N) is 2. The second-order valence-electron chi connectivity index (χ2n) is 4.36. The average molecular weight is 273 g/mol. The van der Waals surface area contributed by atoms with Crippen LogP contribution in [0.15, 0.2) is 18.2 Å². The molecule has 0 radical (unpaired) electrons. The Labute approximate surface area is 108 Å². The van der Waals surface area contributed by atoms with Gasteiger partial charge in [-0.3, -0.25) is 0 Å². The van der Waals surface area contributed by atoms with Crippen LogP contribution in [0.1, 0.15) is 18.8 Å². The lowest BCUT2D eigenvalue weighted by Crippen LogP contribution is -2.20. The van der Waals surface area contributed by atoms with Crippen molar-refractivity contribution in [3.63, 3.8) is 0 Å². The van der Waals surface area contributed by atoms with Crippen molar-refractivity contribution in [2.24, 2.45) is 0 Å². The molecule has 4 nitrogen and oxygen atoms in total. The molecular weight excluding hydrogens is 259 g/mol. The number of methoxy groups -OCH3 is 1. The van der Waals surface area contributed by atoms with E-state index in [0.717, 1.165) is 4.57 Å². The molecule has 0 amide bonds. The highest BCUT2D eigenvalue weighted by Gasteiger charge is 2.38. The van der Waals surface area contributed by atoms with E-state index in [1.54, 1.807) is 19.1 Å². The van der Waals surface area contributed by atoms with E-state index >= 15 is 0 Å². The Balaban J connectivity index is 2.68. The van der Waals surface area contributed by atoms with Gasteiger partial charge >= 0.3 is 6.18 Å². The maximum atomic E-state index is 13.0. The number of nitrogens with two attached hydrogens (primary N) is 1. The number of hydrogen-bond donors (Lipinski definition) is 1. The Kier molecular flexibility index (Phi) is 3.40. The lowest BCUT2D eigenvalue weighted by Gasteiger charge is -2.17. The summed E-state index contributed by atoms with van der Waals surface area (Å²) < 4.78 is 45.2. The molecule has 0 aliphatic heterocycles. The molecule has 0 unspecified atom stereocenters. The van der Waals surface area contributed by atoms with E-state index in [0.29, 0.717) is 11.2 Å². The molecule has 104 valence electrons. The van der Waals surface area contributed by atoms with Gasteiger partial charge in [-0.25, -0.2) is 4.98 Å². The van der Waals surface area contributed by atoms with Gasteiger partial charge in [0.15, 0.2) is 0 Å². The highest BCUT2D eigenvalue weighted by molar-refractivity contribution is 5.80. The molecule has 0 bridgehead atoms. The van der Waals surface area contributed by atoms with Crippen molar-refractivity contribution in [3.8, 4) is 0 Å². The van der Waals surface area contributed by atoms with Gasteiger partial charge in [0.1, 0.15) is 0 Å². The first-order chi connectivity index (χ1) is 8.84. The fourth-order valence-corrected chi connectivity index (χ4v) is 2.08. The van der Waals surface area contributed by atoms with Crippen molar-refractivity contribution in [2.75, 3.05) is 19.5 Å². The Morgan fingerprint density at radius 1 is 1.42 bits per heavy atom. The summed E-state index contributed by atoms with van der Waals surface area (Å²) in [6, 6.07) is 4.05. The minimum absolute atomic E-state index is 0.166. The van der Waals surface area contributed by atoms with E-state index in [1.165, 1.54) is 13.2 Å². The molecular formula is C12H14F3N3O. The molecule has 1 heterocycles. The summed E-state index contributed by atoms with van der Waals surface area (Å²) in [4.78, 5) is 3.65. The van der Waals surface area contributed by atoms with Gasteiger partial charge in [-0.1, -0.05) is 0 Å². The number of alkyl halides is 3. The molecule has 0 aliphatic rings. The number of hydrogen-bond acceptors (Lipinski definition) is 3. The van der Waals surface area contributed by atoms with Gasteiger partial charge in [-0.2, -0.15) is 13.2 Å². The summed E-state index contributed by atoms with van der Waals surface area (Å²) in [6.07, 6.45) is -4.52. The normalized spacial score (nSPS) is 13.9. The standard InChI is InChI=1S/C12H14F3N3O/c1-7(6-19-2)18-10-4-3-8(16)5-9(10)17-11(18)12(13,14)15/h3-5,7H,6,16H2,1-2H3/t7-/m1/s1. The van der Waals surface area contributed by atoms with E-state index in [1.807, 2.05) is 0 Å². The van der Waals surface area contributed by atoms with Crippen molar-refractivity contribution >= 4 is 16.7 Å². The number of benzene rings is 1. The molecule has 2 aromatic rings. The Hall–Kier alpha value is -1.76. The lowest BCUT2D eigenvalue weighted by molar-refractivity contribution is -0.147. The van der Waals surface area contributed by atoms with Gasteiger partial charge < -0.3 is 15.0 Å². The van der Waals surface area contributed by atoms with Crippen LogP contribution in [-0.2, 0) is 10.9 Å². The van der Waals surface area contributed by atoms with Crippen molar-refractivity contribution in [3.05, 3.63) is 24.0 Å². The molecule has 2 N–H and O–H groups in total. The number of halogens is 3. The van der Waals surface area contributed by atoms with E-state index in [4.69, 9.17) is 10.5 Å². The lowest BCUT2D eigenvalue weighted by atomic mass is 10.2. The number of anilines is 1. The average Bonchev–Trinajstić information content (AvgIpc) is 2.67. The maximum absolute atomic E-state index is 13.0. The summed E-state index contributed by atoms with van der Waals surface area (Å²) in [7, 11) is 1.45. The fourth-order valence-electron chi connectivity index (χ4n) is 2.08. The molecule has 0 aliphatic carbocycles. The number of ether oxygens (including phenoxy) is 1. The molecule has 0 fully saturated rings. The zero-order valence-corrected chi connectivity index (χ0v) is 10.5. The summed E-state index contributed by atoms with van der Waals surface area (Å²) in [6.45, 7) is 1.81. The van der Waals surface area contributed by atoms with Crippen molar-refractivity contribution < 1.29 is 17.9 Å². The van der Waals surface area contributed by atoms with Crippen LogP contribution >= 0.6 is 0 Å². The van der Waals surface area contributed by atoms with Crippen LogP contribution in [0.3, 0.4) is 0 Å². The van der Waals surface area contributed by atoms with Crippen LogP contribution < -0.4 is 5.73 Å². The first-order valence-electron chi connectivity index (χ1n) is 5.68. The molecule has 1 aromatic carbocycles. The number of rotatable bonds is 3. The zero-order valence-electron chi connectivity index (χ0n) is 10.5. The molecule has 1 atom stereocenters. The van der Waals surface area contributed by atoms with Crippen LogP contribution in [0, 0.1) is 0 Å². The van der Waals surface area contributed by atoms with Crippen LogP contribution in [-0.4, -0.2) is 23.3 Å². The number of fused-ring (bicyclic) bond motifs is 1. The second-order valence-corrected chi connectivity index (χ2v) is 4.36. The maximum Gasteiger partial charge on any atom is 0.449 e. The third kappa shape index (κ3) is 2.51. The highest BCUT2D eigenvalue weighted by atomic mass is 19.4. The monoisotopic (exact) mass is 273 g/mol. The minimum atomic E-state index is -4.52. The fraction of sp³-hybridized carbons (Fsp3) is 0.417. The molecule has 0 spiro atoms. The Bertz CT molecular complexity index is 592. The summed E-state index contributed by atoms with van der Waals surface area (Å²) in [5, 5.41) is 0. The number of nitrogen functional groups attached to an aromatic ring is 1. The van der Waals surface area contributed by atoms with Gasteiger partial charge in [-0.05, 0) is 25.1 Å². The molecule has 1 aromatic heterocycles. The molecule has 0 saturated heterocycles. The van der Waals surface area contributed by atoms with Crippen LogP contribution in [0.5, 0.6) is 0 Å². The van der Waals surface area contributed by atoms with Crippen molar-refractivity contribution in [1.82, 2.24) is 9.55 Å². The minimum Gasteiger partial charge on any atom is -0.399 e. The zero-order chi connectivity index (χ0) is 14.2. The second kappa shape index (κ2) is 4.73. The van der Waals surface area contributed by atoms with Gasteiger partial charge in [0.05, 0.1) is 23.7 Å². The van der Waals surface area contributed by atoms with Gasteiger partial charge in [0.25, 0.3) is 0 Å². The highest BCUT2D eigenvalue weighted by Crippen LogP contribution is 2.34.